The highest BCUT2D eigenvalue weighted by Crippen LogP contribution is 2.19. The molecule has 0 heterocycles. The molecule has 160 valence electrons. The summed E-state index contributed by atoms with van der Waals surface area (Å²) in [7, 11) is 0. The molecule has 0 bridgehead atoms. The summed E-state index contributed by atoms with van der Waals surface area (Å²) < 4.78 is 5.64. The maximum Gasteiger partial charge on any atom is 0.261 e. The van der Waals surface area contributed by atoms with Gasteiger partial charge in [0.1, 0.15) is 11.8 Å². The average molecular weight is 429 g/mol. The van der Waals surface area contributed by atoms with Crippen LogP contribution in [0.4, 0.5) is 0 Å². The Balaban J connectivity index is 1.69. The number of carbonyl (C=O) groups is 2. The van der Waals surface area contributed by atoms with Gasteiger partial charge in [0.05, 0.1) is 0 Å². The van der Waals surface area contributed by atoms with Gasteiger partial charge in [0, 0.05) is 17.6 Å². The van der Waals surface area contributed by atoms with Gasteiger partial charge in [0.2, 0.25) is 5.91 Å². The molecule has 0 saturated heterocycles. The van der Waals surface area contributed by atoms with Crippen molar-refractivity contribution in [2.75, 3.05) is 6.61 Å². The van der Waals surface area contributed by atoms with Gasteiger partial charge in [-0.25, -0.2) is 0 Å². The maximum absolute atomic E-state index is 13.0. The van der Waals surface area contributed by atoms with Gasteiger partial charge in [-0.05, 0) is 49.6 Å². The number of nitrogens with one attached hydrogen (secondary N) is 1. The number of halogens is 1. The fourth-order valence-corrected chi connectivity index (χ4v) is 3.94. The number of para-hydroxylation sites is 1. The van der Waals surface area contributed by atoms with E-state index in [0.29, 0.717) is 10.8 Å². The van der Waals surface area contributed by atoms with Crippen molar-refractivity contribution >= 4 is 23.4 Å². The van der Waals surface area contributed by atoms with Gasteiger partial charge in [0.25, 0.3) is 5.91 Å². The lowest BCUT2D eigenvalue weighted by Gasteiger charge is -2.31. The molecule has 1 N–H and O–H groups in total. The number of hydrogen-bond donors (Lipinski definition) is 1. The Morgan fingerprint density at radius 1 is 1.10 bits per heavy atom. The van der Waals surface area contributed by atoms with Crippen LogP contribution in [0.1, 0.15) is 44.6 Å². The van der Waals surface area contributed by atoms with Gasteiger partial charge in [-0.2, -0.15) is 0 Å². The highest BCUT2D eigenvalue weighted by atomic mass is 35.5. The summed E-state index contributed by atoms with van der Waals surface area (Å²) in [6, 6.07) is 16.1. The number of carbonyl (C=O) groups excluding carboxylic acids is 2. The number of rotatable bonds is 8. The van der Waals surface area contributed by atoms with Crippen LogP contribution in [0.25, 0.3) is 0 Å². The Morgan fingerprint density at radius 3 is 2.53 bits per heavy atom. The number of hydrogen-bond acceptors (Lipinski definition) is 3. The number of nitrogens with zero attached hydrogens (tertiary/aromatic N) is 1. The molecule has 30 heavy (non-hydrogen) atoms. The lowest BCUT2D eigenvalue weighted by molar-refractivity contribution is -0.142. The Kier molecular flexibility index (Phi) is 8.14. The Labute approximate surface area is 183 Å². The molecule has 1 aliphatic carbocycles. The molecule has 0 aromatic heterocycles. The Hall–Kier alpha value is -2.53. The van der Waals surface area contributed by atoms with Gasteiger partial charge in [-0.3, -0.25) is 9.59 Å². The predicted octanol–water partition coefficient (Wildman–Crippen LogP) is 4.59. The number of benzene rings is 2. The third-order valence-corrected chi connectivity index (χ3v) is 5.70. The molecule has 1 atom stereocenters. The van der Waals surface area contributed by atoms with Crippen LogP contribution in [-0.2, 0) is 16.1 Å². The van der Waals surface area contributed by atoms with E-state index in [-0.39, 0.29) is 31.0 Å². The number of ether oxygens (including phenoxy) is 1. The molecule has 2 aromatic carbocycles. The molecular formula is C24H29ClN2O3. The summed E-state index contributed by atoms with van der Waals surface area (Å²) in [6.07, 6.45) is 5.48. The zero-order chi connectivity index (χ0) is 21.3. The van der Waals surface area contributed by atoms with Crippen molar-refractivity contribution in [3.63, 3.8) is 0 Å². The lowest BCUT2D eigenvalue weighted by atomic mass is 9.95. The van der Waals surface area contributed by atoms with Crippen molar-refractivity contribution < 1.29 is 14.3 Å². The molecule has 2 amide bonds. The quantitative estimate of drug-likeness (QED) is 0.669. The summed E-state index contributed by atoms with van der Waals surface area (Å²) in [5, 5.41) is 3.72. The molecule has 6 heteroatoms. The highest BCUT2D eigenvalue weighted by Gasteiger charge is 2.28. The molecule has 1 fully saturated rings. The topological polar surface area (TPSA) is 58.6 Å². The number of amides is 2. The van der Waals surface area contributed by atoms with E-state index < -0.39 is 6.04 Å². The molecule has 2 aromatic rings. The molecule has 0 unspecified atom stereocenters. The van der Waals surface area contributed by atoms with Crippen molar-refractivity contribution in [3.8, 4) is 5.75 Å². The SMILES string of the molecule is C[C@@H](C(=O)NC1CCCCC1)N(Cc1cccc(Cl)c1)C(=O)COc1ccccc1. The highest BCUT2D eigenvalue weighted by molar-refractivity contribution is 6.30. The maximum atomic E-state index is 13.0. The van der Waals surface area contributed by atoms with Crippen LogP contribution in [0.15, 0.2) is 54.6 Å². The Bertz CT molecular complexity index is 837. The zero-order valence-corrected chi connectivity index (χ0v) is 18.1. The van der Waals surface area contributed by atoms with Crippen molar-refractivity contribution in [3.05, 3.63) is 65.2 Å². The van der Waals surface area contributed by atoms with Crippen LogP contribution >= 0.6 is 11.6 Å². The first-order chi connectivity index (χ1) is 14.5. The molecule has 1 saturated carbocycles. The zero-order valence-electron chi connectivity index (χ0n) is 17.4. The molecule has 0 spiro atoms. The lowest BCUT2D eigenvalue weighted by Crippen LogP contribution is -2.51. The van der Waals surface area contributed by atoms with Crippen LogP contribution in [0.5, 0.6) is 5.75 Å². The first-order valence-corrected chi connectivity index (χ1v) is 10.9. The normalized spacial score (nSPS) is 15.3. The predicted molar refractivity (Wildman–Crippen MR) is 118 cm³/mol. The van der Waals surface area contributed by atoms with E-state index >= 15 is 0 Å². The van der Waals surface area contributed by atoms with Gasteiger partial charge >= 0.3 is 0 Å². The summed E-state index contributed by atoms with van der Waals surface area (Å²) in [4.78, 5) is 27.5. The summed E-state index contributed by atoms with van der Waals surface area (Å²) >= 11 is 6.11. The first-order valence-electron chi connectivity index (χ1n) is 10.5. The van der Waals surface area contributed by atoms with Crippen LogP contribution < -0.4 is 10.1 Å². The van der Waals surface area contributed by atoms with E-state index in [1.54, 1.807) is 30.0 Å². The van der Waals surface area contributed by atoms with Gasteiger partial charge in [0.15, 0.2) is 6.61 Å². The monoisotopic (exact) mass is 428 g/mol. The van der Waals surface area contributed by atoms with Crippen LogP contribution in [0.2, 0.25) is 5.02 Å². The van der Waals surface area contributed by atoms with E-state index in [2.05, 4.69) is 5.32 Å². The Morgan fingerprint density at radius 2 is 1.83 bits per heavy atom. The van der Waals surface area contributed by atoms with E-state index in [1.165, 1.54) is 6.42 Å². The van der Waals surface area contributed by atoms with E-state index in [9.17, 15) is 9.59 Å². The van der Waals surface area contributed by atoms with E-state index in [0.717, 1.165) is 31.2 Å². The van der Waals surface area contributed by atoms with Crippen molar-refractivity contribution in [2.45, 2.75) is 57.7 Å². The second-order valence-electron chi connectivity index (χ2n) is 7.77. The van der Waals surface area contributed by atoms with Gasteiger partial charge < -0.3 is 15.0 Å². The fourth-order valence-electron chi connectivity index (χ4n) is 3.73. The molecular weight excluding hydrogens is 400 g/mol. The van der Waals surface area contributed by atoms with Crippen LogP contribution in [0.3, 0.4) is 0 Å². The van der Waals surface area contributed by atoms with Gasteiger partial charge in [-0.1, -0.05) is 61.2 Å². The van der Waals surface area contributed by atoms with Crippen molar-refractivity contribution in [1.82, 2.24) is 10.2 Å². The van der Waals surface area contributed by atoms with E-state index in [1.807, 2.05) is 36.4 Å². The fraction of sp³-hybridized carbons (Fsp3) is 0.417. The molecule has 5 nitrogen and oxygen atoms in total. The minimum absolute atomic E-state index is 0.128. The summed E-state index contributed by atoms with van der Waals surface area (Å²) in [6.45, 7) is 1.92. The van der Waals surface area contributed by atoms with Crippen molar-refractivity contribution in [1.29, 1.82) is 0 Å². The average Bonchev–Trinajstić information content (AvgIpc) is 2.77. The largest absolute Gasteiger partial charge is 0.484 e. The molecule has 3 rings (SSSR count). The van der Waals surface area contributed by atoms with E-state index in [4.69, 9.17) is 16.3 Å². The molecule has 0 aliphatic heterocycles. The molecule has 1 aliphatic rings. The summed E-state index contributed by atoms with van der Waals surface area (Å²) in [5.41, 5.74) is 0.868. The second-order valence-corrected chi connectivity index (χ2v) is 8.21. The summed E-state index contributed by atoms with van der Waals surface area (Å²) in [5.74, 6) is 0.245. The second kappa shape index (κ2) is 11.0. The first kappa shape index (κ1) is 22.2. The molecule has 0 radical (unpaired) electrons. The van der Waals surface area contributed by atoms with Crippen molar-refractivity contribution in [2.24, 2.45) is 0 Å². The third kappa shape index (κ3) is 6.49. The third-order valence-electron chi connectivity index (χ3n) is 5.47. The standard InChI is InChI=1S/C24H29ClN2O3/c1-18(24(29)26-21-11-4-2-5-12-21)27(16-19-9-8-10-20(25)15-19)23(28)17-30-22-13-6-3-7-14-22/h3,6-10,13-15,18,21H,2,4-5,11-12,16-17H2,1H3,(H,26,29)/t18-/m0/s1. The van der Waals surface area contributed by atoms with Gasteiger partial charge in [-0.15, -0.1) is 0 Å². The van der Waals surface area contributed by atoms with Crippen LogP contribution in [-0.4, -0.2) is 35.4 Å². The van der Waals surface area contributed by atoms with Crippen LogP contribution in [0, 0.1) is 0 Å². The minimum atomic E-state index is -0.613. The smallest absolute Gasteiger partial charge is 0.261 e. The minimum Gasteiger partial charge on any atom is -0.484 e.